The molecule has 1 saturated heterocycles. The molecule has 1 heterocycles. The highest BCUT2D eigenvalue weighted by molar-refractivity contribution is 5.83. The van der Waals surface area contributed by atoms with Gasteiger partial charge in [0.15, 0.2) is 0 Å². The Hall–Kier alpha value is -1.88. The van der Waals surface area contributed by atoms with E-state index in [1.807, 2.05) is 51.1 Å². The fourth-order valence-electron chi connectivity index (χ4n) is 2.70. The molecule has 0 spiro atoms. The molecule has 1 atom stereocenters. The van der Waals surface area contributed by atoms with Crippen molar-refractivity contribution >= 4 is 11.9 Å². The summed E-state index contributed by atoms with van der Waals surface area (Å²) in [4.78, 5) is 30.5. The molecular weight excluding hydrogens is 306 g/mol. The van der Waals surface area contributed by atoms with Crippen LogP contribution in [0.1, 0.15) is 45.6 Å². The smallest absolute Gasteiger partial charge is 0.307 e. The molecule has 0 aliphatic carbocycles. The van der Waals surface area contributed by atoms with Crippen molar-refractivity contribution < 1.29 is 19.2 Å². The van der Waals surface area contributed by atoms with Crippen molar-refractivity contribution in [3.63, 3.8) is 0 Å². The maximum Gasteiger partial charge on any atom is 0.307 e. The van der Waals surface area contributed by atoms with Crippen molar-refractivity contribution in [3.8, 4) is 0 Å². The zero-order valence-corrected chi connectivity index (χ0v) is 14.8. The van der Waals surface area contributed by atoms with E-state index in [4.69, 9.17) is 9.57 Å². The van der Waals surface area contributed by atoms with Crippen LogP contribution in [0, 0.1) is 5.92 Å². The molecular formula is C19H27NO4. The summed E-state index contributed by atoms with van der Waals surface area (Å²) in [6.07, 6.45) is 2.44. The second-order valence-electron chi connectivity index (χ2n) is 7.16. The SMILES string of the molecule is CC(C)(C)OC(=O)C[C@@H](Cc1ccccc1)C(=O)N1CCCCO1. The predicted molar refractivity (Wildman–Crippen MR) is 91.0 cm³/mol. The maximum atomic E-state index is 12.8. The first-order valence-corrected chi connectivity index (χ1v) is 8.55. The van der Waals surface area contributed by atoms with Crippen molar-refractivity contribution in [2.75, 3.05) is 13.2 Å². The highest BCUT2D eigenvalue weighted by atomic mass is 16.7. The van der Waals surface area contributed by atoms with E-state index < -0.39 is 11.5 Å². The van der Waals surface area contributed by atoms with E-state index in [2.05, 4.69) is 0 Å². The van der Waals surface area contributed by atoms with Crippen molar-refractivity contribution in [2.45, 2.75) is 52.1 Å². The first-order chi connectivity index (χ1) is 11.3. The molecule has 0 N–H and O–H groups in total. The molecule has 1 aromatic carbocycles. The summed E-state index contributed by atoms with van der Waals surface area (Å²) in [5, 5.41) is 1.42. The van der Waals surface area contributed by atoms with Crippen molar-refractivity contribution in [1.82, 2.24) is 5.06 Å². The van der Waals surface area contributed by atoms with Crippen LogP contribution in [0.5, 0.6) is 0 Å². The number of amides is 1. The first-order valence-electron chi connectivity index (χ1n) is 8.55. The average molecular weight is 333 g/mol. The number of hydroxylamine groups is 2. The number of ether oxygens (including phenoxy) is 1. The normalized spacial score (nSPS) is 16.5. The molecule has 0 unspecified atom stereocenters. The lowest BCUT2D eigenvalue weighted by Gasteiger charge is -2.30. The van der Waals surface area contributed by atoms with Crippen LogP contribution in [0.25, 0.3) is 0 Å². The molecule has 24 heavy (non-hydrogen) atoms. The number of hydrogen-bond donors (Lipinski definition) is 0. The highest BCUT2D eigenvalue weighted by Crippen LogP contribution is 2.20. The van der Waals surface area contributed by atoms with Gasteiger partial charge in [0.25, 0.3) is 0 Å². The number of esters is 1. The van der Waals surface area contributed by atoms with Crippen LogP contribution in [0.3, 0.4) is 0 Å². The number of nitrogens with zero attached hydrogens (tertiary/aromatic N) is 1. The monoisotopic (exact) mass is 333 g/mol. The van der Waals surface area contributed by atoms with Gasteiger partial charge < -0.3 is 4.74 Å². The lowest BCUT2D eigenvalue weighted by Crippen LogP contribution is -2.41. The van der Waals surface area contributed by atoms with Crippen LogP contribution in [0.4, 0.5) is 0 Å². The fraction of sp³-hybridized carbons (Fsp3) is 0.579. The molecule has 132 valence electrons. The Bertz CT molecular complexity index is 544. The van der Waals surface area contributed by atoms with Crippen LogP contribution in [0.15, 0.2) is 30.3 Å². The number of carbonyl (C=O) groups is 2. The Kier molecular flexibility index (Phi) is 6.37. The molecule has 1 fully saturated rings. The van der Waals surface area contributed by atoms with Gasteiger partial charge in [0.2, 0.25) is 5.91 Å². The molecule has 0 radical (unpaired) electrons. The van der Waals surface area contributed by atoms with Gasteiger partial charge in [-0.1, -0.05) is 30.3 Å². The van der Waals surface area contributed by atoms with Crippen LogP contribution in [-0.2, 0) is 25.6 Å². The van der Waals surface area contributed by atoms with Gasteiger partial charge >= 0.3 is 5.97 Å². The molecule has 0 aromatic heterocycles. The van der Waals surface area contributed by atoms with Crippen molar-refractivity contribution in [3.05, 3.63) is 35.9 Å². The standard InChI is InChI=1S/C19H27NO4/c1-19(2,3)24-17(21)14-16(13-15-9-5-4-6-10-15)18(22)20-11-7-8-12-23-20/h4-6,9-10,16H,7-8,11-14H2,1-3H3/t16-/m1/s1. The number of carbonyl (C=O) groups excluding carboxylic acids is 2. The summed E-state index contributed by atoms with van der Waals surface area (Å²) < 4.78 is 5.39. The van der Waals surface area contributed by atoms with E-state index in [0.29, 0.717) is 19.6 Å². The zero-order valence-electron chi connectivity index (χ0n) is 14.8. The maximum absolute atomic E-state index is 12.8. The molecule has 0 bridgehead atoms. The molecule has 0 saturated carbocycles. The van der Waals surface area contributed by atoms with Gasteiger partial charge in [-0.2, -0.15) is 0 Å². The minimum atomic E-state index is -0.556. The number of hydrogen-bond acceptors (Lipinski definition) is 4. The second kappa shape index (κ2) is 8.29. The molecule has 1 amide bonds. The lowest BCUT2D eigenvalue weighted by molar-refractivity contribution is -0.202. The summed E-state index contributed by atoms with van der Waals surface area (Å²) in [5.74, 6) is -0.960. The number of rotatable bonds is 5. The summed E-state index contributed by atoms with van der Waals surface area (Å²) in [6, 6.07) is 9.73. The van der Waals surface area contributed by atoms with Crippen LogP contribution in [0.2, 0.25) is 0 Å². The summed E-state index contributed by atoms with van der Waals surface area (Å²) in [6.45, 7) is 6.61. The molecule has 1 aromatic rings. The molecule has 1 aliphatic rings. The minimum Gasteiger partial charge on any atom is -0.460 e. The van der Waals surface area contributed by atoms with Gasteiger partial charge in [-0.15, -0.1) is 0 Å². The minimum absolute atomic E-state index is 0.0604. The first kappa shape index (κ1) is 18.5. The van der Waals surface area contributed by atoms with Crippen LogP contribution >= 0.6 is 0 Å². The quantitative estimate of drug-likeness (QED) is 0.777. The fourth-order valence-corrected chi connectivity index (χ4v) is 2.70. The predicted octanol–water partition coefficient (Wildman–Crippen LogP) is 3.13. The zero-order chi connectivity index (χ0) is 17.6. The van der Waals surface area contributed by atoms with E-state index in [1.165, 1.54) is 5.06 Å². The number of benzene rings is 1. The van der Waals surface area contributed by atoms with Gasteiger partial charge in [-0.3, -0.25) is 14.4 Å². The highest BCUT2D eigenvalue weighted by Gasteiger charge is 2.30. The van der Waals surface area contributed by atoms with E-state index >= 15 is 0 Å². The summed E-state index contributed by atoms with van der Waals surface area (Å²) in [7, 11) is 0. The summed E-state index contributed by atoms with van der Waals surface area (Å²) >= 11 is 0. The largest absolute Gasteiger partial charge is 0.460 e. The Morgan fingerprint density at radius 2 is 1.92 bits per heavy atom. The lowest BCUT2D eigenvalue weighted by atomic mass is 9.95. The Labute approximate surface area is 143 Å². The van der Waals surface area contributed by atoms with E-state index in [1.54, 1.807) is 0 Å². The molecule has 2 rings (SSSR count). The third-order valence-corrected chi connectivity index (χ3v) is 3.76. The molecule has 5 heteroatoms. The van der Waals surface area contributed by atoms with E-state index in [-0.39, 0.29) is 18.3 Å². The van der Waals surface area contributed by atoms with Crippen molar-refractivity contribution in [1.29, 1.82) is 0 Å². The van der Waals surface area contributed by atoms with E-state index in [0.717, 1.165) is 18.4 Å². The topological polar surface area (TPSA) is 55.8 Å². The third kappa shape index (κ3) is 5.96. The van der Waals surface area contributed by atoms with Crippen LogP contribution in [-0.4, -0.2) is 35.7 Å². The van der Waals surface area contributed by atoms with Gasteiger partial charge in [-0.25, -0.2) is 5.06 Å². The van der Waals surface area contributed by atoms with Crippen molar-refractivity contribution in [2.24, 2.45) is 5.92 Å². The molecule has 1 aliphatic heterocycles. The third-order valence-electron chi connectivity index (χ3n) is 3.76. The van der Waals surface area contributed by atoms with E-state index in [9.17, 15) is 9.59 Å². The van der Waals surface area contributed by atoms with Gasteiger partial charge in [0.05, 0.1) is 18.9 Å². The second-order valence-corrected chi connectivity index (χ2v) is 7.16. The Morgan fingerprint density at radius 1 is 1.21 bits per heavy atom. The Morgan fingerprint density at radius 3 is 2.50 bits per heavy atom. The van der Waals surface area contributed by atoms with Gasteiger partial charge in [0, 0.05) is 6.54 Å². The molecule has 5 nitrogen and oxygen atoms in total. The summed E-state index contributed by atoms with van der Waals surface area (Å²) in [5.41, 5.74) is 0.468. The van der Waals surface area contributed by atoms with Crippen LogP contribution < -0.4 is 0 Å². The Balaban J connectivity index is 2.08. The van der Waals surface area contributed by atoms with Gasteiger partial charge in [0.1, 0.15) is 5.60 Å². The van der Waals surface area contributed by atoms with Gasteiger partial charge in [-0.05, 0) is 45.6 Å². The average Bonchev–Trinajstić information content (AvgIpc) is 2.53.